The average molecular weight is 615 g/mol. The van der Waals surface area contributed by atoms with Crippen LogP contribution in [0.25, 0.3) is 28.2 Å². The van der Waals surface area contributed by atoms with E-state index in [1.165, 1.54) is 19.2 Å². The summed E-state index contributed by atoms with van der Waals surface area (Å²) in [5.74, 6) is -1.52. The van der Waals surface area contributed by atoms with Gasteiger partial charge in [0.25, 0.3) is 11.8 Å². The highest BCUT2D eigenvalue weighted by molar-refractivity contribution is 7.87. The molecule has 4 bridgehead atoms. The Hall–Kier alpha value is -3.67. The maximum absolute atomic E-state index is 14.3. The second-order valence-electron chi connectivity index (χ2n) is 10.8. The van der Waals surface area contributed by atoms with Gasteiger partial charge in [-0.2, -0.15) is 12.7 Å². The molecule has 3 aromatic rings. The van der Waals surface area contributed by atoms with Crippen molar-refractivity contribution in [3.05, 3.63) is 58.7 Å². The maximum atomic E-state index is 14.3. The number of ether oxygens (including phenoxy) is 2. The van der Waals surface area contributed by atoms with Crippen LogP contribution in [0.5, 0.6) is 5.75 Å². The third kappa shape index (κ3) is 5.57. The molecule has 6 rings (SSSR count). The molecule has 0 saturated heterocycles. The summed E-state index contributed by atoms with van der Waals surface area (Å²) in [6.45, 7) is -8.17. The SMILES string of the molecule is [2H]C1([2H])CCC(c2c3n4c5cc(ccc25)C(=O)NS(=O)(=O)N(C([2H])([2H])[2H])CCOCCN(C([2H])([2H])[2H])C(=O)C(=Cc2cc(OC)ccc2-3)C4)CC1. The van der Waals surface area contributed by atoms with Gasteiger partial charge in [0.1, 0.15) is 5.75 Å². The van der Waals surface area contributed by atoms with Crippen molar-refractivity contribution in [2.24, 2.45) is 0 Å². The summed E-state index contributed by atoms with van der Waals surface area (Å²) in [6, 6.07) is 9.91. The number of carbonyl (C=O) groups is 2. The summed E-state index contributed by atoms with van der Waals surface area (Å²) in [6.07, 6.45) is 1.95. The van der Waals surface area contributed by atoms with Crippen LogP contribution in [0.3, 0.4) is 0 Å². The molecule has 1 fully saturated rings. The van der Waals surface area contributed by atoms with E-state index in [-0.39, 0.29) is 34.5 Å². The fraction of sp³-hybridized carbons (Fsp3) is 0.438. The van der Waals surface area contributed by atoms with Crippen LogP contribution in [0.2, 0.25) is 0 Å². The number of carbonyl (C=O) groups excluding carboxylic acids is 2. The zero-order valence-corrected chi connectivity index (χ0v) is 24.5. The summed E-state index contributed by atoms with van der Waals surface area (Å²) in [5.41, 5.74) is 3.27. The number of aromatic nitrogens is 1. The quantitative estimate of drug-likeness (QED) is 0.465. The van der Waals surface area contributed by atoms with Crippen LogP contribution in [0.1, 0.15) is 70.4 Å². The maximum Gasteiger partial charge on any atom is 0.303 e. The second kappa shape index (κ2) is 11.8. The first-order valence-electron chi connectivity index (χ1n) is 18.1. The summed E-state index contributed by atoms with van der Waals surface area (Å²) >= 11 is 0. The molecule has 2 amide bonds. The van der Waals surface area contributed by atoms with Crippen molar-refractivity contribution in [3.8, 4) is 17.0 Å². The predicted octanol–water partition coefficient (Wildman–Crippen LogP) is 4.16. The molecule has 2 aromatic carbocycles. The molecule has 0 radical (unpaired) electrons. The van der Waals surface area contributed by atoms with Crippen LogP contribution < -0.4 is 9.46 Å². The molecule has 43 heavy (non-hydrogen) atoms. The lowest BCUT2D eigenvalue weighted by atomic mass is 9.81. The highest BCUT2D eigenvalue weighted by atomic mass is 32.2. The van der Waals surface area contributed by atoms with E-state index in [0.29, 0.717) is 64.1 Å². The topological polar surface area (TPSA) is 110 Å². The number of benzene rings is 2. The third-order valence-corrected chi connectivity index (χ3v) is 9.42. The number of fused-ring (bicyclic) bond motifs is 4. The van der Waals surface area contributed by atoms with Crippen molar-refractivity contribution in [3.63, 3.8) is 0 Å². The van der Waals surface area contributed by atoms with Crippen LogP contribution in [0, 0.1) is 0 Å². The van der Waals surface area contributed by atoms with Gasteiger partial charge in [0.05, 0.1) is 32.6 Å². The molecule has 10 nitrogen and oxygen atoms in total. The van der Waals surface area contributed by atoms with Gasteiger partial charge in [-0.15, -0.1) is 0 Å². The molecular formula is C32H38N4O6S. The van der Waals surface area contributed by atoms with Crippen molar-refractivity contribution in [1.82, 2.24) is 18.5 Å². The van der Waals surface area contributed by atoms with Crippen LogP contribution in [0.4, 0.5) is 0 Å². The van der Waals surface area contributed by atoms with Gasteiger partial charge in [0.2, 0.25) is 0 Å². The van der Waals surface area contributed by atoms with Crippen LogP contribution in [-0.4, -0.2) is 81.4 Å². The molecule has 0 spiro atoms. The number of nitrogens with zero attached hydrogens (tertiary/aromatic N) is 3. The lowest BCUT2D eigenvalue weighted by Crippen LogP contribution is -2.42. The summed E-state index contributed by atoms with van der Waals surface area (Å²) in [5, 5.41) is 0.690. The van der Waals surface area contributed by atoms with Crippen molar-refractivity contribution in [1.29, 1.82) is 0 Å². The molecule has 3 aliphatic rings. The third-order valence-electron chi connectivity index (χ3n) is 8.21. The van der Waals surface area contributed by atoms with Gasteiger partial charge < -0.3 is 18.9 Å². The van der Waals surface area contributed by atoms with Gasteiger partial charge in [-0.1, -0.05) is 25.3 Å². The molecule has 2 aliphatic heterocycles. The number of nitrogens with one attached hydrogen (secondary N) is 1. The average Bonchev–Trinajstić information content (AvgIpc) is 3.24. The first-order valence-corrected chi connectivity index (χ1v) is 15.5. The Kier molecular flexibility index (Phi) is 5.78. The molecule has 1 aliphatic carbocycles. The number of rotatable bonds is 2. The van der Waals surface area contributed by atoms with Gasteiger partial charge in [-0.05, 0) is 66.3 Å². The lowest BCUT2D eigenvalue weighted by Gasteiger charge is -2.24. The summed E-state index contributed by atoms with van der Waals surface area (Å²) in [7, 11) is -3.43. The highest BCUT2D eigenvalue weighted by Crippen LogP contribution is 2.47. The van der Waals surface area contributed by atoms with Crippen LogP contribution in [0.15, 0.2) is 42.0 Å². The Balaban J connectivity index is 1.61. The van der Waals surface area contributed by atoms with E-state index >= 15 is 0 Å². The molecule has 1 aromatic heterocycles. The van der Waals surface area contributed by atoms with E-state index in [9.17, 15) is 18.0 Å². The number of amides is 2. The Bertz CT molecular complexity index is 2020. The molecule has 1 saturated carbocycles. The van der Waals surface area contributed by atoms with E-state index in [2.05, 4.69) is 0 Å². The van der Waals surface area contributed by atoms with E-state index < -0.39 is 62.0 Å². The standard InChI is InChI=1S/C32H38N4O6S/c1-34-13-15-42-16-14-35(2)43(39,40)33-31(37)22-9-11-27-28(19-22)36-20-24(32(34)38)17-23-18-25(41-3)10-12-26(23)30(36)29(27)21-7-5-4-6-8-21/h9-12,17-19,21H,4-8,13-16,20H2,1-3H3,(H,33,37)/i1D3,2D3,4D2. The molecule has 1 N–H and O–H groups in total. The molecule has 3 heterocycles. The fourth-order valence-electron chi connectivity index (χ4n) is 6.06. The Morgan fingerprint density at radius 3 is 2.65 bits per heavy atom. The zero-order chi connectivity index (χ0) is 37.1. The monoisotopic (exact) mass is 614 g/mol. The fourth-order valence-corrected chi connectivity index (χ4v) is 6.84. The lowest BCUT2D eigenvalue weighted by molar-refractivity contribution is -0.126. The highest BCUT2D eigenvalue weighted by Gasteiger charge is 2.31. The minimum Gasteiger partial charge on any atom is -0.497 e. The second-order valence-corrected chi connectivity index (χ2v) is 12.4. The molecular weight excluding hydrogens is 568 g/mol. The number of hydrogen-bond donors (Lipinski definition) is 1. The molecule has 0 unspecified atom stereocenters. The summed E-state index contributed by atoms with van der Waals surface area (Å²) < 4.78 is 106. The minimum atomic E-state index is -4.93. The number of hydrogen-bond acceptors (Lipinski definition) is 6. The normalized spacial score (nSPS) is 25.0. The first kappa shape index (κ1) is 21.1. The van der Waals surface area contributed by atoms with Gasteiger partial charge >= 0.3 is 10.2 Å². The van der Waals surface area contributed by atoms with E-state index in [1.807, 2.05) is 15.4 Å². The molecule has 11 heteroatoms. The zero-order valence-electron chi connectivity index (χ0n) is 31.7. The predicted molar refractivity (Wildman–Crippen MR) is 165 cm³/mol. The van der Waals surface area contributed by atoms with Crippen molar-refractivity contribution < 1.29 is 38.4 Å². The largest absolute Gasteiger partial charge is 0.497 e. The van der Waals surface area contributed by atoms with E-state index in [1.54, 1.807) is 24.3 Å². The number of likely N-dealkylation sites (N-methyl/N-ethyl adjacent to an activating group) is 2. The van der Waals surface area contributed by atoms with Gasteiger partial charge in [0, 0.05) is 65.6 Å². The van der Waals surface area contributed by atoms with Crippen molar-refractivity contribution >= 4 is 39.0 Å². The Morgan fingerprint density at radius 2 is 1.88 bits per heavy atom. The molecule has 0 atom stereocenters. The van der Waals surface area contributed by atoms with E-state index in [4.69, 9.17) is 20.4 Å². The van der Waals surface area contributed by atoms with Gasteiger partial charge in [-0.3, -0.25) is 9.59 Å². The van der Waals surface area contributed by atoms with Crippen molar-refractivity contribution in [2.75, 3.05) is 47.4 Å². The van der Waals surface area contributed by atoms with Crippen LogP contribution in [-0.2, 0) is 26.3 Å². The van der Waals surface area contributed by atoms with Gasteiger partial charge in [0.15, 0.2) is 0 Å². The smallest absolute Gasteiger partial charge is 0.303 e. The summed E-state index contributed by atoms with van der Waals surface area (Å²) in [4.78, 5) is 28.5. The first-order chi connectivity index (χ1) is 23.8. The van der Waals surface area contributed by atoms with Gasteiger partial charge in [-0.25, -0.2) is 4.72 Å². The number of methoxy groups -OCH3 is 1. The van der Waals surface area contributed by atoms with E-state index in [0.717, 1.165) is 5.56 Å². The van der Waals surface area contributed by atoms with Crippen molar-refractivity contribution in [2.45, 2.75) is 44.5 Å². The Morgan fingerprint density at radius 1 is 1.07 bits per heavy atom. The Labute approximate surface area is 263 Å². The minimum absolute atomic E-state index is 0.107. The molecule has 228 valence electrons. The van der Waals surface area contributed by atoms with Crippen LogP contribution >= 0.6 is 0 Å².